The minimum absolute atomic E-state index is 0.520. The van der Waals surface area contributed by atoms with Crippen molar-refractivity contribution in [3.63, 3.8) is 0 Å². The second-order valence-electron chi connectivity index (χ2n) is 5.57. The first-order chi connectivity index (χ1) is 9.74. The van der Waals surface area contributed by atoms with E-state index in [0.717, 1.165) is 24.2 Å². The van der Waals surface area contributed by atoms with Gasteiger partial charge in [-0.2, -0.15) is 0 Å². The number of benzene rings is 1. The van der Waals surface area contributed by atoms with Crippen LogP contribution in [-0.2, 0) is 0 Å². The maximum absolute atomic E-state index is 4.67. The van der Waals surface area contributed by atoms with Crippen LogP contribution in [0.2, 0.25) is 0 Å². The predicted molar refractivity (Wildman–Crippen MR) is 90.6 cm³/mol. The highest BCUT2D eigenvalue weighted by Crippen LogP contribution is 2.30. The Balaban J connectivity index is 1.78. The number of nitrogens with zero attached hydrogens (tertiary/aromatic N) is 1. The summed E-state index contributed by atoms with van der Waals surface area (Å²) in [6.07, 6.45) is 2.52. The molecule has 0 fully saturated rings. The van der Waals surface area contributed by atoms with Gasteiger partial charge in [0, 0.05) is 11.8 Å². The molecule has 2 unspecified atom stereocenters. The van der Waals surface area contributed by atoms with Gasteiger partial charge >= 0.3 is 0 Å². The molecule has 1 N–H and O–H groups in total. The number of aliphatic imine (C=N–C) groups is 1. The molecule has 1 heterocycles. The zero-order valence-corrected chi connectivity index (χ0v) is 13.6. The molecule has 20 heavy (non-hydrogen) atoms. The Hall–Kier alpha value is -0.960. The molecule has 0 aliphatic carbocycles. The number of hydrogen-bond donors (Lipinski definition) is 1. The van der Waals surface area contributed by atoms with E-state index in [1.54, 1.807) is 0 Å². The second-order valence-corrected chi connectivity index (χ2v) is 6.80. The summed E-state index contributed by atoms with van der Waals surface area (Å²) >= 11 is 1.94. The summed E-state index contributed by atoms with van der Waals surface area (Å²) in [4.78, 5) is 4.67. The van der Waals surface area contributed by atoms with Gasteiger partial charge in [0.1, 0.15) is 0 Å². The van der Waals surface area contributed by atoms with Gasteiger partial charge in [0.05, 0.1) is 6.54 Å². The standard InChI is InChI=1S/C17H26N2S/c1-4-14(5-2)16-12-19-17(20-16)18-11-13(3)15-9-7-6-8-10-15/h6-10,13-14,16H,4-5,11-12H2,1-3H3,(H,18,19). The van der Waals surface area contributed by atoms with Gasteiger partial charge in [0.25, 0.3) is 0 Å². The molecule has 3 heteroatoms. The molecular weight excluding hydrogens is 264 g/mol. The third-order valence-electron chi connectivity index (χ3n) is 4.18. The van der Waals surface area contributed by atoms with Crippen molar-refractivity contribution in [1.29, 1.82) is 0 Å². The lowest BCUT2D eigenvalue weighted by molar-refractivity contribution is 0.479. The monoisotopic (exact) mass is 290 g/mol. The smallest absolute Gasteiger partial charge is 0.156 e. The van der Waals surface area contributed by atoms with Crippen molar-refractivity contribution in [1.82, 2.24) is 5.32 Å². The summed E-state index contributed by atoms with van der Waals surface area (Å²) in [5.41, 5.74) is 1.39. The van der Waals surface area contributed by atoms with Gasteiger partial charge < -0.3 is 5.32 Å². The molecule has 0 amide bonds. The van der Waals surface area contributed by atoms with E-state index in [1.165, 1.54) is 18.4 Å². The van der Waals surface area contributed by atoms with E-state index < -0.39 is 0 Å². The minimum atomic E-state index is 0.520. The molecule has 1 aliphatic heterocycles. The lowest BCUT2D eigenvalue weighted by Gasteiger charge is -2.19. The Bertz CT molecular complexity index is 426. The van der Waals surface area contributed by atoms with Gasteiger partial charge in [-0.3, -0.25) is 4.99 Å². The van der Waals surface area contributed by atoms with E-state index >= 15 is 0 Å². The van der Waals surface area contributed by atoms with E-state index in [0.29, 0.717) is 11.2 Å². The van der Waals surface area contributed by atoms with Gasteiger partial charge in [-0.25, -0.2) is 0 Å². The van der Waals surface area contributed by atoms with Gasteiger partial charge in [-0.15, -0.1) is 0 Å². The Morgan fingerprint density at radius 3 is 2.60 bits per heavy atom. The van der Waals surface area contributed by atoms with Crippen molar-refractivity contribution in [2.75, 3.05) is 13.1 Å². The summed E-state index contributed by atoms with van der Waals surface area (Å²) in [7, 11) is 0. The molecule has 0 saturated heterocycles. The molecule has 2 rings (SSSR count). The van der Waals surface area contributed by atoms with Crippen LogP contribution in [0, 0.1) is 5.92 Å². The largest absolute Gasteiger partial charge is 0.364 e. The SMILES string of the molecule is CCC(CC)C1CN=C(NCC(C)c2ccccc2)S1. The maximum Gasteiger partial charge on any atom is 0.156 e. The molecule has 0 saturated carbocycles. The van der Waals surface area contributed by atoms with Gasteiger partial charge in [0.15, 0.2) is 5.17 Å². The normalized spacial score (nSPS) is 20.0. The van der Waals surface area contributed by atoms with Crippen LogP contribution in [0.4, 0.5) is 0 Å². The first kappa shape index (κ1) is 15.4. The van der Waals surface area contributed by atoms with Crippen LogP contribution in [0.25, 0.3) is 0 Å². The van der Waals surface area contributed by atoms with Crippen LogP contribution < -0.4 is 5.32 Å². The number of nitrogens with one attached hydrogen (secondary N) is 1. The average molecular weight is 290 g/mol. The Morgan fingerprint density at radius 1 is 1.25 bits per heavy atom. The number of thioether (sulfide) groups is 1. The van der Waals surface area contributed by atoms with E-state index in [4.69, 9.17) is 0 Å². The second kappa shape index (κ2) is 7.72. The van der Waals surface area contributed by atoms with Crippen LogP contribution in [0.5, 0.6) is 0 Å². The molecule has 2 atom stereocenters. The zero-order valence-electron chi connectivity index (χ0n) is 12.8. The first-order valence-corrected chi connectivity index (χ1v) is 8.62. The quantitative estimate of drug-likeness (QED) is 0.845. The summed E-state index contributed by atoms with van der Waals surface area (Å²) in [5.74, 6) is 1.32. The Morgan fingerprint density at radius 2 is 1.95 bits per heavy atom. The summed E-state index contributed by atoms with van der Waals surface area (Å²) in [6, 6.07) is 10.7. The zero-order chi connectivity index (χ0) is 14.4. The van der Waals surface area contributed by atoms with Gasteiger partial charge in [-0.05, 0) is 17.4 Å². The molecular formula is C17H26N2S. The van der Waals surface area contributed by atoms with Crippen molar-refractivity contribution < 1.29 is 0 Å². The minimum Gasteiger partial charge on any atom is -0.364 e. The summed E-state index contributed by atoms with van der Waals surface area (Å²) in [6.45, 7) is 8.79. The van der Waals surface area contributed by atoms with Crippen LogP contribution in [0.1, 0.15) is 45.1 Å². The topological polar surface area (TPSA) is 24.4 Å². The van der Waals surface area contributed by atoms with Crippen molar-refractivity contribution in [3.05, 3.63) is 35.9 Å². The maximum atomic E-state index is 4.67. The van der Waals surface area contributed by atoms with Crippen molar-refractivity contribution in [2.45, 2.75) is 44.8 Å². The van der Waals surface area contributed by atoms with E-state index in [1.807, 2.05) is 11.8 Å². The Kier molecular flexibility index (Phi) is 5.96. The fourth-order valence-electron chi connectivity index (χ4n) is 2.69. The number of rotatable bonds is 6. The predicted octanol–water partition coefficient (Wildman–Crippen LogP) is 4.29. The first-order valence-electron chi connectivity index (χ1n) is 7.74. The molecule has 1 aliphatic rings. The lowest BCUT2D eigenvalue weighted by Crippen LogP contribution is -2.25. The molecule has 2 nitrogen and oxygen atoms in total. The van der Waals surface area contributed by atoms with Crippen LogP contribution in [-0.4, -0.2) is 23.5 Å². The number of hydrogen-bond acceptors (Lipinski definition) is 3. The van der Waals surface area contributed by atoms with Gasteiger partial charge in [0.2, 0.25) is 0 Å². The fraction of sp³-hybridized carbons (Fsp3) is 0.588. The van der Waals surface area contributed by atoms with Crippen LogP contribution >= 0.6 is 11.8 Å². The molecule has 110 valence electrons. The molecule has 1 aromatic rings. The lowest BCUT2D eigenvalue weighted by atomic mass is 9.99. The highest BCUT2D eigenvalue weighted by molar-refractivity contribution is 8.14. The molecule has 0 radical (unpaired) electrons. The van der Waals surface area contributed by atoms with Crippen molar-refractivity contribution >= 4 is 16.9 Å². The summed E-state index contributed by atoms with van der Waals surface area (Å²) in [5, 5.41) is 5.35. The average Bonchev–Trinajstić information content (AvgIpc) is 2.96. The number of amidine groups is 1. The van der Waals surface area contributed by atoms with Crippen molar-refractivity contribution in [2.24, 2.45) is 10.9 Å². The fourth-order valence-corrected chi connectivity index (χ4v) is 4.02. The van der Waals surface area contributed by atoms with E-state index in [2.05, 4.69) is 61.4 Å². The van der Waals surface area contributed by atoms with E-state index in [-0.39, 0.29) is 0 Å². The molecule has 0 aromatic heterocycles. The molecule has 0 spiro atoms. The van der Waals surface area contributed by atoms with Gasteiger partial charge in [-0.1, -0.05) is 75.7 Å². The van der Waals surface area contributed by atoms with E-state index in [9.17, 15) is 0 Å². The Labute approximate surface area is 127 Å². The van der Waals surface area contributed by atoms with Crippen LogP contribution in [0.3, 0.4) is 0 Å². The molecule has 0 bridgehead atoms. The third kappa shape index (κ3) is 4.02. The van der Waals surface area contributed by atoms with Crippen molar-refractivity contribution in [3.8, 4) is 0 Å². The van der Waals surface area contributed by atoms with Crippen LogP contribution in [0.15, 0.2) is 35.3 Å². The highest BCUT2D eigenvalue weighted by Gasteiger charge is 2.25. The highest BCUT2D eigenvalue weighted by atomic mass is 32.2. The molecule has 1 aromatic carbocycles. The summed E-state index contributed by atoms with van der Waals surface area (Å²) < 4.78 is 0. The third-order valence-corrected chi connectivity index (χ3v) is 5.51.